The molecule has 0 heterocycles. The van der Waals surface area contributed by atoms with E-state index in [4.69, 9.17) is 0 Å². The molecule has 0 nitrogen and oxygen atoms in total. The summed E-state index contributed by atoms with van der Waals surface area (Å²) in [4.78, 5) is 0. The van der Waals surface area contributed by atoms with Gasteiger partial charge in [0.15, 0.2) is 0 Å². The molecule has 0 radical (unpaired) electrons. The second-order valence-corrected chi connectivity index (χ2v) is 15.8. The van der Waals surface area contributed by atoms with E-state index in [9.17, 15) is 0 Å². The summed E-state index contributed by atoms with van der Waals surface area (Å²) in [6.45, 7) is 2.55. The zero-order valence-corrected chi connectivity index (χ0v) is 28.1. The van der Waals surface area contributed by atoms with Crippen molar-refractivity contribution >= 4 is 37.1 Å². The van der Waals surface area contributed by atoms with Crippen molar-refractivity contribution in [3.05, 3.63) is 136 Å². The molecule has 218 valence electrons. The zero-order chi connectivity index (χ0) is 26.0. The smallest absolute Gasteiger partial charge is 0.358 e. The van der Waals surface area contributed by atoms with Crippen molar-refractivity contribution < 1.29 is 17.1 Å². The zero-order valence-electron chi connectivity index (χ0n) is 25.2. The van der Waals surface area contributed by atoms with Gasteiger partial charge in [0.25, 0.3) is 0 Å². The summed E-state index contributed by atoms with van der Waals surface area (Å²) in [6.07, 6.45) is 11.5. The molecule has 4 aromatic rings. The molecule has 6 rings (SSSR count). The molecule has 0 bridgehead atoms. The van der Waals surface area contributed by atoms with E-state index in [2.05, 4.69) is 128 Å². The third kappa shape index (κ3) is 9.37. The van der Waals surface area contributed by atoms with Gasteiger partial charge in [-0.15, -0.1) is 0 Å². The van der Waals surface area contributed by atoms with Crippen LogP contribution in [0.4, 0.5) is 0 Å². The van der Waals surface area contributed by atoms with E-state index in [1.165, 1.54) is 72.6 Å². The van der Waals surface area contributed by atoms with Crippen molar-refractivity contribution in [3.8, 4) is 0 Å². The minimum absolute atomic E-state index is 0. The largest absolute Gasteiger partial charge is 2.00 e. The maximum Gasteiger partial charge on any atom is 2.00 e. The van der Waals surface area contributed by atoms with Gasteiger partial charge in [-0.3, -0.25) is 0 Å². The third-order valence-corrected chi connectivity index (χ3v) is 14.2. The number of benzene rings is 4. The van der Waals surface area contributed by atoms with Crippen molar-refractivity contribution in [2.45, 2.75) is 69.6 Å². The van der Waals surface area contributed by atoms with Crippen LogP contribution < -0.4 is 21.2 Å². The van der Waals surface area contributed by atoms with Gasteiger partial charge in [-0.1, -0.05) is 167 Å². The molecule has 3 atom stereocenters. The topological polar surface area (TPSA) is 0 Å². The van der Waals surface area contributed by atoms with Gasteiger partial charge in [-0.05, 0) is 67.1 Å². The fourth-order valence-electron chi connectivity index (χ4n) is 6.43. The Labute approximate surface area is 264 Å². The van der Waals surface area contributed by atoms with E-state index < -0.39 is 7.92 Å². The van der Waals surface area contributed by atoms with Gasteiger partial charge in [0.2, 0.25) is 0 Å². The first-order chi connectivity index (χ1) is 18.8. The Hall–Kier alpha value is -1.74. The summed E-state index contributed by atoms with van der Waals surface area (Å²) in [6, 6.07) is 45.3. The molecule has 0 aromatic heterocycles. The van der Waals surface area contributed by atoms with E-state index in [1.807, 2.05) is 0 Å². The van der Waals surface area contributed by atoms with E-state index >= 15 is 0 Å². The Morgan fingerprint density at radius 3 is 1.20 bits per heavy atom. The van der Waals surface area contributed by atoms with Crippen LogP contribution in [0.2, 0.25) is 0 Å². The van der Waals surface area contributed by atoms with E-state index in [1.54, 1.807) is 0 Å². The molecule has 2 fully saturated rings. The van der Waals surface area contributed by atoms with Crippen LogP contribution >= 0.6 is 15.8 Å². The van der Waals surface area contributed by atoms with E-state index in [0.717, 1.165) is 11.6 Å². The maximum absolute atomic E-state index is 2.55. The molecule has 2 aliphatic carbocycles. The SMILES string of the molecule is C1CCCC1.C[C@@H](C1CCCC1P(c1ccccc1)c1ccccc1)P(c1ccccc1)c1ccccc1.[CH3-].[CH3-].[Fe+2]. The van der Waals surface area contributed by atoms with Crippen LogP contribution in [0, 0.1) is 20.8 Å². The number of hydrogen-bond acceptors (Lipinski definition) is 0. The molecule has 4 aromatic carbocycles. The molecular weight excluding hydrogens is 574 g/mol. The van der Waals surface area contributed by atoms with Gasteiger partial charge in [-0.2, -0.15) is 0 Å². The van der Waals surface area contributed by atoms with Crippen LogP contribution in [-0.2, 0) is 17.1 Å². The van der Waals surface area contributed by atoms with Gasteiger partial charge in [-0.25, -0.2) is 0 Å². The van der Waals surface area contributed by atoms with Crippen molar-refractivity contribution in [1.29, 1.82) is 0 Å². The molecule has 0 N–H and O–H groups in total. The molecule has 2 saturated carbocycles. The Balaban J connectivity index is 0.000000667. The molecule has 2 unspecified atom stereocenters. The molecule has 0 saturated heterocycles. The van der Waals surface area contributed by atoms with Crippen LogP contribution in [0.5, 0.6) is 0 Å². The second kappa shape index (κ2) is 18.7. The van der Waals surface area contributed by atoms with E-state index in [-0.39, 0.29) is 39.8 Å². The minimum Gasteiger partial charge on any atom is -0.358 e. The Morgan fingerprint density at radius 2 is 0.829 bits per heavy atom. The van der Waals surface area contributed by atoms with Crippen LogP contribution in [0.15, 0.2) is 121 Å². The van der Waals surface area contributed by atoms with Crippen LogP contribution in [0.3, 0.4) is 0 Å². The Kier molecular flexibility index (Phi) is 16.2. The van der Waals surface area contributed by atoms with Crippen molar-refractivity contribution in [1.82, 2.24) is 0 Å². The molecular formula is C38H48FeP2. The number of hydrogen-bond donors (Lipinski definition) is 0. The maximum atomic E-state index is 2.55. The van der Waals surface area contributed by atoms with Gasteiger partial charge < -0.3 is 14.9 Å². The summed E-state index contributed by atoms with van der Waals surface area (Å²) in [7, 11) is -0.778. The van der Waals surface area contributed by atoms with Crippen molar-refractivity contribution in [2.24, 2.45) is 5.92 Å². The molecule has 0 aliphatic heterocycles. The van der Waals surface area contributed by atoms with Gasteiger partial charge in [0.1, 0.15) is 0 Å². The Morgan fingerprint density at radius 1 is 0.488 bits per heavy atom. The summed E-state index contributed by atoms with van der Waals surface area (Å²) in [5, 5.41) is 6.10. The predicted molar refractivity (Wildman–Crippen MR) is 185 cm³/mol. The molecule has 41 heavy (non-hydrogen) atoms. The normalized spacial score (nSPS) is 18.3. The second-order valence-electron chi connectivity index (χ2n) is 10.8. The first-order valence-electron chi connectivity index (χ1n) is 14.6. The average Bonchev–Trinajstić information content (AvgIpc) is 3.72. The molecule has 0 spiro atoms. The van der Waals surface area contributed by atoms with Gasteiger partial charge in [0.05, 0.1) is 0 Å². The first kappa shape index (κ1) is 35.5. The summed E-state index contributed by atoms with van der Waals surface area (Å²) in [5.74, 6) is 0.739. The first-order valence-corrected chi connectivity index (χ1v) is 17.4. The predicted octanol–water partition coefficient (Wildman–Crippen LogP) is 9.66. The number of rotatable bonds is 7. The van der Waals surface area contributed by atoms with Gasteiger partial charge in [0, 0.05) is 0 Å². The van der Waals surface area contributed by atoms with Gasteiger partial charge >= 0.3 is 17.1 Å². The standard InChI is InChI=1S/C31H32P2.C5H10.2CH3.Fe/c1-25(32(26-15-6-2-7-16-26)27-17-8-3-9-18-27)30-23-14-24-31(30)33(28-19-10-4-11-20-28)29-21-12-5-13-22-29;1-2-4-5-3-1;;;/h2-13,15-22,25,30-31H,14,23-24H2,1H3;1-5H2;2*1H3;/q;;2*-1;+2/t25-,30?,31?;;;;/m0..../s1. The van der Waals surface area contributed by atoms with Crippen LogP contribution in [-0.4, -0.2) is 11.3 Å². The summed E-state index contributed by atoms with van der Waals surface area (Å²) < 4.78 is 0. The third-order valence-electron chi connectivity index (χ3n) is 8.28. The summed E-state index contributed by atoms with van der Waals surface area (Å²) >= 11 is 0. The van der Waals surface area contributed by atoms with E-state index in [0.29, 0.717) is 5.66 Å². The quantitative estimate of drug-likeness (QED) is 0.109. The van der Waals surface area contributed by atoms with Crippen LogP contribution in [0.1, 0.15) is 58.3 Å². The minimum atomic E-state index is -0.402. The fourth-order valence-corrected chi connectivity index (χ4v) is 12.8. The molecule has 0 amide bonds. The average molecular weight is 623 g/mol. The summed E-state index contributed by atoms with van der Waals surface area (Å²) in [5.41, 5.74) is 1.38. The molecule has 2 aliphatic rings. The van der Waals surface area contributed by atoms with Crippen LogP contribution in [0.25, 0.3) is 0 Å². The Bertz CT molecular complexity index is 1110. The molecule has 3 heteroatoms. The van der Waals surface area contributed by atoms with Crippen molar-refractivity contribution in [2.75, 3.05) is 0 Å². The fraction of sp³-hybridized carbons (Fsp3) is 0.316. The van der Waals surface area contributed by atoms with Crippen molar-refractivity contribution in [3.63, 3.8) is 0 Å². The monoisotopic (exact) mass is 622 g/mol.